The molecule has 2 atom stereocenters. The van der Waals surface area contributed by atoms with E-state index in [-0.39, 0.29) is 12.0 Å². The molecule has 156 valence electrons. The van der Waals surface area contributed by atoms with E-state index >= 15 is 0 Å². The highest BCUT2D eigenvalue weighted by atomic mass is 19.4. The lowest BCUT2D eigenvalue weighted by atomic mass is 9.96. The molecule has 3 nitrogen and oxygen atoms in total. The summed E-state index contributed by atoms with van der Waals surface area (Å²) in [5.41, 5.74) is 1.35. The summed E-state index contributed by atoms with van der Waals surface area (Å²) in [5, 5.41) is 3.47. The molecule has 0 bridgehead atoms. The quantitative estimate of drug-likeness (QED) is 0.785. The minimum absolute atomic E-state index is 0.0519. The molecule has 1 saturated carbocycles. The summed E-state index contributed by atoms with van der Waals surface area (Å²) < 4.78 is 41.3. The minimum atomic E-state index is -4.34. The topological polar surface area (TPSA) is 18.5 Å². The monoisotopic (exact) mass is 403 g/mol. The van der Waals surface area contributed by atoms with Crippen LogP contribution in [0.3, 0.4) is 0 Å². The van der Waals surface area contributed by atoms with Crippen LogP contribution in [0.1, 0.15) is 23.5 Å². The Bertz CT molecular complexity index is 814. The molecule has 29 heavy (non-hydrogen) atoms. The van der Waals surface area contributed by atoms with Gasteiger partial charge in [0.25, 0.3) is 0 Å². The van der Waals surface area contributed by atoms with Gasteiger partial charge in [0.05, 0.1) is 5.56 Å². The van der Waals surface area contributed by atoms with Gasteiger partial charge in [-0.05, 0) is 36.2 Å². The van der Waals surface area contributed by atoms with Gasteiger partial charge in [0.1, 0.15) is 0 Å². The standard InChI is InChI=1S/C23H28F3N3/c1-28-11-13-29(14-12-28)10-9-27-22-16-20(22)19-8-7-18(15-21(19)23(24,25)26)17-5-3-2-4-6-17/h2-8,15,20,22,27H,9-14,16H2,1H3. The zero-order valence-electron chi connectivity index (χ0n) is 16.8. The van der Waals surface area contributed by atoms with Crippen molar-refractivity contribution in [2.75, 3.05) is 46.3 Å². The third kappa shape index (κ3) is 5.00. The number of hydrogen-bond acceptors (Lipinski definition) is 3. The molecule has 1 saturated heterocycles. The summed E-state index contributed by atoms with van der Waals surface area (Å²) in [4.78, 5) is 4.73. The van der Waals surface area contributed by atoms with Crippen LogP contribution in [0.15, 0.2) is 48.5 Å². The van der Waals surface area contributed by atoms with Crippen molar-refractivity contribution in [3.8, 4) is 11.1 Å². The van der Waals surface area contributed by atoms with Crippen molar-refractivity contribution in [3.63, 3.8) is 0 Å². The van der Waals surface area contributed by atoms with Crippen LogP contribution in [0.5, 0.6) is 0 Å². The van der Waals surface area contributed by atoms with Gasteiger partial charge in [-0.15, -0.1) is 0 Å². The molecule has 2 aliphatic rings. The molecule has 2 aromatic rings. The fourth-order valence-corrected chi connectivity index (χ4v) is 4.18. The SMILES string of the molecule is CN1CCN(CCNC2CC2c2ccc(-c3ccccc3)cc2C(F)(F)F)CC1. The Labute approximate surface area is 170 Å². The third-order valence-electron chi connectivity index (χ3n) is 6.09. The Morgan fingerprint density at radius 2 is 1.69 bits per heavy atom. The molecule has 1 heterocycles. The summed E-state index contributed by atoms with van der Waals surface area (Å²) in [5.74, 6) is -0.0519. The first-order chi connectivity index (χ1) is 13.9. The van der Waals surface area contributed by atoms with E-state index in [2.05, 4.69) is 22.2 Å². The average Bonchev–Trinajstić information content (AvgIpc) is 3.48. The molecule has 2 fully saturated rings. The summed E-state index contributed by atoms with van der Waals surface area (Å²) in [6.45, 7) is 6.06. The maximum atomic E-state index is 13.8. The maximum absolute atomic E-state index is 13.8. The van der Waals surface area contributed by atoms with Gasteiger partial charge in [-0.1, -0.05) is 42.5 Å². The summed E-state index contributed by atoms with van der Waals surface area (Å²) >= 11 is 0. The number of nitrogens with zero attached hydrogens (tertiary/aromatic N) is 2. The van der Waals surface area contributed by atoms with Crippen LogP contribution in [-0.4, -0.2) is 62.2 Å². The third-order valence-corrected chi connectivity index (χ3v) is 6.09. The lowest BCUT2D eigenvalue weighted by Gasteiger charge is -2.32. The van der Waals surface area contributed by atoms with E-state index in [9.17, 15) is 13.2 Å². The number of likely N-dealkylation sites (N-methyl/N-ethyl adjacent to an activating group) is 1. The molecule has 0 spiro atoms. The van der Waals surface area contributed by atoms with Crippen molar-refractivity contribution in [1.82, 2.24) is 15.1 Å². The van der Waals surface area contributed by atoms with E-state index in [1.807, 2.05) is 36.4 Å². The molecule has 1 aliphatic heterocycles. The first-order valence-corrected chi connectivity index (χ1v) is 10.3. The smallest absolute Gasteiger partial charge is 0.312 e. The second-order valence-corrected chi connectivity index (χ2v) is 8.21. The van der Waals surface area contributed by atoms with E-state index in [4.69, 9.17) is 0 Å². The molecule has 4 rings (SSSR count). The fraction of sp³-hybridized carbons (Fsp3) is 0.478. The molecule has 2 unspecified atom stereocenters. The van der Waals surface area contributed by atoms with Crippen LogP contribution in [0, 0.1) is 0 Å². The number of nitrogens with one attached hydrogen (secondary N) is 1. The van der Waals surface area contributed by atoms with Gasteiger partial charge < -0.3 is 10.2 Å². The van der Waals surface area contributed by atoms with Crippen LogP contribution < -0.4 is 5.32 Å². The lowest BCUT2D eigenvalue weighted by Crippen LogP contribution is -2.46. The number of alkyl halides is 3. The largest absolute Gasteiger partial charge is 0.416 e. The second-order valence-electron chi connectivity index (χ2n) is 8.21. The summed E-state index contributed by atoms with van der Waals surface area (Å²) in [7, 11) is 2.13. The van der Waals surface area contributed by atoms with E-state index in [1.165, 1.54) is 6.07 Å². The maximum Gasteiger partial charge on any atom is 0.416 e. The van der Waals surface area contributed by atoms with Gasteiger partial charge in [-0.3, -0.25) is 4.90 Å². The van der Waals surface area contributed by atoms with Crippen LogP contribution >= 0.6 is 0 Å². The van der Waals surface area contributed by atoms with Gasteiger partial charge >= 0.3 is 6.18 Å². The van der Waals surface area contributed by atoms with Crippen LogP contribution in [0.4, 0.5) is 13.2 Å². The highest BCUT2D eigenvalue weighted by Crippen LogP contribution is 2.47. The van der Waals surface area contributed by atoms with Crippen LogP contribution in [0.2, 0.25) is 0 Å². The Hall–Kier alpha value is -1.89. The highest BCUT2D eigenvalue weighted by Gasteiger charge is 2.44. The molecule has 1 aliphatic carbocycles. The van der Waals surface area contributed by atoms with Gasteiger partial charge in [-0.2, -0.15) is 13.2 Å². The number of benzene rings is 2. The van der Waals surface area contributed by atoms with E-state index in [1.54, 1.807) is 6.07 Å². The molecule has 0 amide bonds. The van der Waals surface area contributed by atoms with Crippen molar-refractivity contribution in [2.24, 2.45) is 0 Å². The van der Waals surface area contributed by atoms with Crippen molar-refractivity contribution in [3.05, 3.63) is 59.7 Å². The average molecular weight is 403 g/mol. The Morgan fingerprint density at radius 3 is 2.38 bits per heavy atom. The molecular weight excluding hydrogens is 375 g/mol. The molecule has 0 radical (unpaired) electrons. The molecule has 6 heteroatoms. The van der Waals surface area contributed by atoms with Crippen LogP contribution in [0.25, 0.3) is 11.1 Å². The lowest BCUT2D eigenvalue weighted by molar-refractivity contribution is -0.138. The van der Waals surface area contributed by atoms with Crippen LogP contribution in [-0.2, 0) is 6.18 Å². The van der Waals surface area contributed by atoms with Gasteiger partial charge in [0.2, 0.25) is 0 Å². The number of halogens is 3. The number of rotatable bonds is 6. The Balaban J connectivity index is 1.39. The van der Waals surface area contributed by atoms with Crippen molar-refractivity contribution in [1.29, 1.82) is 0 Å². The molecular formula is C23H28F3N3. The van der Waals surface area contributed by atoms with Crippen molar-refractivity contribution < 1.29 is 13.2 Å². The van der Waals surface area contributed by atoms with E-state index in [0.717, 1.165) is 51.3 Å². The first-order valence-electron chi connectivity index (χ1n) is 10.3. The van der Waals surface area contributed by atoms with E-state index < -0.39 is 11.7 Å². The minimum Gasteiger partial charge on any atom is -0.312 e. The first kappa shape index (κ1) is 20.4. The predicted molar refractivity (Wildman–Crippen MR) is 110 cm³/mol. The predicted octanol–water partition coefficient (Wildman–Crippen LogP) is 4.07. The normalized spacial score (nSPS) is 23.3. The van der Waals surface area contributed by atoms with Crippen molar-refractivity contribution >= 4 is 0 Å². The van der Waals surface area contributed by atoms with Gasteiger partial charge in [0, 0.05) is 51.2 Å². The van der Waals surface area contributed by atoms with Gasteiger partial charge in [0.15, 0.2) is 0 Å². The zero-order chi connectivity index (χ0) is 20.4. The number of hydrogen-bond donors (Lipinski definition) is 1. The summed E-state index contributed by atoms with van der Waals surface area (Å²) in [6.07, 6.45) is -3.57. The van der Waals surface area contributed by atoms with E-state index in [0.29, 0.717) is 11.1 Å². The Kier molecular flexibility index (Phi) is 5.95. The second kappa shape index (κ2) is 8.46. The Morgan fingerprint density at radius 1 is 0.966 bits per heavy atom. The molecule has 0 aromatic heterocycles. The van der Waals surface area contributed by atoms with Crippen molar-refractivity contribution in [2.45, 2.75) is 24.6 Å². The molecule has 2 aromatic carbocycles. The zero-order valence-corrected chi connectivity index (χ0v) is 16.8. The fourth-order valence-electron chi connectivity index (χ4n) is 4.18. The molecule has 1 N–H and O–H groups in total. The van der Waals surface area contributed by atoms with Gasteiger partial charge in [-0.25, -0.2) is 0 Å². The highest BCUT2D eigenvalue weighted by molar-refractivity contribution is 5.65. The summed E-state index contributed by atoms with van der Waals surface area (Å²) in [6, 6.07) is 14.2. The number of piperazine rings is 1.